The molecule has 1 aliphatic rings. The van der Waals surface area contributed by atoms with E-state index in [-0.39, 0.29) is 18.3 Å². The third-order valence-corrected chi connectivity index (χ3v) is 3.46. The first-order chi connectivity index (χ1) is 8.47. The number of carbonyl (C=O) groups excluding carboxylic acids is 1. The van der Waals surface area contributed by atoms with Crippen molar-refractivity contribution in [2.24, 2.45) is 0 Å². The lowest BCUT2D eigenvalue weighted by molar-refractivity contribution is 0.0673. The quantitative estimate of drug-likeness (QED) is 0.859. The van der Waals surface area contributed by atoms with Gasteiger partial charge in [0.15, 0.2) is 0 Å². The molecule has 2 atom stereocenters. The molecule has 0 bridgehead atoms. The third-order valence-electron chi connectivity index (χ3n) is 3.46. The van der Waals surface area contributed by atoms with Crippen LogP contribution < -0.4 is 5.32 Å². The van der Waals surface area contributed by atoms with Gasteiger partial charge in [-0.15, -0.1) is 12.4 Å². The molecule has 3 nitrogen and oxygen atoms in total. The molecule has 1 aromatic carbocycles. The summed E-state index contributed by atoms with van der Waals surface area (Å²) in [5.41, 5.74) is 3.10. The van der Waals surface area contributed by atoms with Crippen LogP contribution in [0.5, 0.6) is 0 Å². The zero-order valence-corrected chi connectivity index (χ0v) is 12.9. The number of benzene rings is 1. The van der Waals surface area contributed by atoms with Gasteiger partial charge in [0.1, 0.15) is 0 Å². The largest absolute Gasteiger partial charge is 0.336 e. The molecule has 0 saturated carbocycles. The van der Waals surface area contributed by atoms with Gasteiger partial charge >= 0.3 is 0 Å². The standard InChI is InChI=1S/C15H22N2O.ClH/c1-10-5-6-14(11(2)7-10)15(18)17-8-12(3)16-13(4)9-17;/h5-7,12-13,16H,8-9H2,1-4H3;1H. The second-order valence-electron chi connectivity index (χ2n) is 5.50. The summed E-state index contributed by atoms with van der Waals surface area (Å²) in [6.07, 6.45) is 0. The molecule has 0 aliphatic carbocycles. The predicted octanol–water partition coefficient (Wildman–Crippen LogP) is 2.55. The maximum atomic E-state index is 12.5. The van der Waals surface area contributed by atoms with E-state index in [9.17, 15) is 4.79 Å². The summed E-state index contributed by atoms with van der Waals surface area (Å²) < 4.78 is 0. The van der Waals surface area contributed by atoms with Crippen LogP contribution >= 0.6 is 12.4 Å². The fraction of sp³-hybridized carbons (Fsp3) is 0.533. The van der Waals surface area contributed by atoms with Crippen molar-refractivity contribution in [1.29, 1.82) is 0 Å². The van der Waals surface area contributed by atoms with Crippen molar-refractivity contribution in [2.45, 2.75) is 39.8 Å². The SMILES string of the molecule is Cc1ccc(C(=O)N2CC(C)NC(C)C2)c(C)c1.Cl. The summed E-state index contributed by atoms with van der Waals surface area (Å²) in [4.78, 5) is 14.5. The Kier molecular flexibility index (Phi) is 5.39. The smallest absolute Gasteiger partial charge is 0.254 e. The van der Waals surface area contributed by atoms with Gasteiger partial charge in [-0.05, 0) is 39.3 Å². The van der Waals surface area contributed by atoms with Crippen LogP contribution in [0.2, 0.25) is 0 Å². The molecule has 0 aromatic heterocycles. The second-order valence-corrected chi connectivity index (χ2v) is 5.50. The van der Waals surface area contributed by atoms with Crippen molar-refractivity contribution in [3.63, 3.8) is 0 Å². The second kappa shape index (κ2) is 6.40. The normalized spacial score (nSPS) is 22.8. The lowest BCUT2D eigenvalue weighted by atomic mass is 10.0. The number of halogens is 1. The zero-order chi connectivity index (χ0) is 13.3. The fourth-order valence-electron chi connectivity index (χ4n) is 2.72. The zero-order valence-electron chi connectivity index (χ0n) is 12.1. The van der Waals surface area contributed by atoms with Crippen molar-refractivity contribution in [2.75, 3.05) is 13.1 Å². The van der Waals surface area contributed by atoms with Crippen LogP contribution in [0, 0.1) is 13.8 Å². The minimum absolute atomic E-state index is 0. The molecular weight excluding hydrogens is 260 g/mol. The first-order valence-electron chi connectivity index (χ1n) is 6.60. The summed E-state index contributed by atoms with van der Waals surface area (Å²) in [6.45, 7) is 9.88. The van der Waals surface area contributed by atoms with E-state index in [0.717, 1.165) is 24.2 Å². The number of piperazine rings is 1. The summed E-state index contributed by atoms with van der Waals surface area (Å²) in [6, 6.07) is 6.76. The number of hydrogen-bond acceptors (Lipinski definition) is 2. The van der Waals surface area contributed by atoms with Gasteiger partial charge in [0, 0.05) is 30.7 Å². The van der Waals surface area contributed by atoms with Crippen molar-refractivity contribution >= 4 is 18.3 Å². The Balaban J connectivity index is 0.00000180. The van der Waals surface area contributed by atoms with E-state index in [1.165, 1.54) is 5.56 Å². The molecule has 1 aliphatic heterocycles. The van der Waals surface area contributed by atoms with E-state index in [1.54, 1.807) is 0 Å². The predicted molar refractivity (Wildman–Crippen MR) is 81.1 cm³/mol. The fourth-order valence-corrected chi connectivity index (χ4v) is 2.72. The Morgan fingerprint density at radius 1 is 1.21 bits per heavy atom. The van der Waals surface area contributed by atoms with Crippen molar-refractivity contribution in [3.05, 3.63) is 34.9 Å². The maximum Gasteiger partial charge on any atom is 0.254 e. The van der Waals surface area contributed by atoms with Gasteiger partial charge in [-0.25, -0.2) is 0 Å². The highest BCUT2D eigenvalue weighted by Crippen LogP contribution is 2.15. The molecule has 4 heteroatoms. The van der Waals surface area contributed by atoms with Crippen LogP contribution in [-0.2, 0) is 0 Å². The maximum absolute atomic E-state index is 12.5. The molecule has 0 spiro atoms. The van der Waals surface area contributed by atoms with Gasteiger partial charge < -0.3 is 10.2 Å². The average Bonchev–Trinajstić information content (AvgIpc) is 2.26. The Hall–Kier alpha value is -1.06. The minimum Gasteiger partial charge on any atom is -0.336 e. The van der Waals surface area contributed by atoms with Crippen LogP contribution in [0.25, 0.3) is 0 Å². The number of aryl methyl sites for hydroxylation is 2. The first-order valence-corrected chi connectivity index (χ1v) is 6.60. The molecule has 1 aromatic rings. The number of nitrogens with one attached hydrogen (secondary N) is 1. The summed E-state index contributed by atoms with van der Waals surface area (Å²) in [7, 11) is 0. The molecule has 1 fully saturated rings. The van der Waals surface area contributed by atoms with E-state index in [1.807, 2.05) is 24.0 Å². The van der Waals surface area contributed by atoms with Gasteiger partial charge in [-0.1, -0.05) is 17.7 Å². The Morgan fingerprint density at radius 2 is 1.79 bits per heavy atom. The Morgan fingerprint density at radius 3 is 2.32 bits per heavy atom. The van der Waals surface area contributed by atoms with Crippen LogP contribution in [-0.4, -0.2) is 36.0 Å². The minimum atomic E-state index is 0. The molecule has 2 rings (SSSR count). The van der Waals surface area contributed by atoms with E-state index in [4.69, 9.17) is 0 Å². The van der Waals surface area contributed by atoms with Crippen molar-refractivity contribution in [1.82, 2.24) is 10.2 Å². The summed E-state index contributed by atoms with van der Waals surface area (Å²) in [5.74, 6) is 0.160. The highest BCUT2D eigenvalue weighted by molar-refractivity contribution is 5.95. The first kappa shape index (κ1) is 16.0. The molecule has 19 heavy (non-hydrogen) atoms. The summed E-state index contributed by atoms with van der Waals surface area (Å²) >= 11 is 0. The number of rotatable bonds is 1. The lowest BCUT2D eigenvalue weighted by Crippen LogP contribution is -2.55. The third kappa shape index (κ3) is 3.71. The molecule has 1 amide bonds. The number of carbonyl (C=O) groups is 1. The Labute approximate surface area is 121 Å². The van der Waals surface area contributed by atoms with Crippen LogP contribution in [0.3, 0.4) is 0 Å². The highest BCUT2D eigenvalue weighted by Gasteiger charge is 2.26. The molecule has 106 valence electrons. The number of hydrogen-bond donors (Lipinski definition) is 1. The van der Waals surface area contributed by atoms with E-state index in [2.05, 4.69) is 32.2 Å². The highest BCUT2D eigenvalue weighted by atomic mass is 35.5. The van der Waals surface area contributed by atoms with Crippen molar-refractivity contribution < 1.29 is 4.79 Å². The van der Waals surface area contributed by atoms with Crippen LogP contribution in [0.4, 0.5) is 0 Å². The molecule has 2 unspecified atom stereocenters. The van der Waals surface area contributed by atoms with Gasteiger partial charge in [0.05, 0.1) is 0 Å². The Bertz CT molecular complexity index is 451. The van der Waals surface area contributed by atoms with Crippen LogP contribution in [0.1, 0.15) is 35.3 Å². The topological polar surface area (TPSA) is 32.3 Å². The average molecular weight is 283 g/mol. The summed E-state index contributed by atoms with van der Waals surface area (Å²) in [5, 5.41) is 3.45. The van der Waals surface area contributed by atoms with Gasteiger partial charge in [0.2, 0.25) is 0 Å². The molecule has 1 N–H and O–H groups in total. The van der Waals surface area contributed by atoms with E-state index >= 15 is 0 Å². The van der Waals surface area contributed by atoms with Crippen molar-refractivity contribution in [3.8, 4) is 0 Å². The molecular formula is C15H23ClN2O. The molecule has 0 radical (unpaired) electrons. The lowest BCUT2D eigenvalue weighted by Gasteiger charge is -2.36. The monoisotopic (exact) mass is 282 g/mol. The molecule has 1 heterocycles. The van der Waals surface area contributed by atoms with Crippen LogP contribution in [0.15, 0.2) is 18.2 Å². The molecule has 1 saturated heterocycles. The number of nitrogens with zero attached hydrogens (tertiary/aromatic N) is 1. The van der Waals surface area contributed by atoms with Gasteiger partial charge in [-0.2, -0.15) is 0 Å². The number of amides is 1. The van der Waals surface area contributed by atoms with E-state index in [0.29, 0.717) is 12.1 Å². The van der Waals surface area contributed by atoms with E-state index < -0.39 is 0 Å². The van der Waals surface area contributed by atoms with Gasteiger partial charge in [-0.3, -0.25) is 4.79 Å². The van der Waals surface area contributed by atoms with Gasteiger partial charge in [0.25, 0.3) is 5.91 Å².